The number of benzene rings is 1. The van der Waals surface area contributed by atoms with Crippen LogP contribution in [0.25, 0.3) is 0 Å². The SMILES string of the molecule is CCn1ccnc1COc1c(C)cc(CNC)cc1C. The highest BCUT2D eigenvalue weighted by Gasteiger charge is 2.08. The van der Waals surface area contributed by atoms with Gasteiger partial charge < -0.3 is 14.6 Å². The van der Waals surface area contributed by atoms with E-state index >= 15 is 0 Å². The van der Waals surface area contributed by atoms with Crippen molar-refractivity contribution in [3.63, 3.8) is 0 Å². The topological polar surface area (TPSA) is 39.1 Å². The second-order valence-electron chi connectivity index (χ2n) is 5.01. The van der Waals surface area contributed by atoms with Crippen LogP contribution in [-0.4, -0.2) is 16.6 Å². The normalized spacial score (nSPS) is 10.8. The van der Waals surface area contributed by atoms with Crippen LogP contribution in [-0.2, 0) is 19.7 Å². The van der Waals surface area contributed by atoms with E-state index in [1.807, 2.05) is 19.4 Å². The van der Waals surface area contributed by atoms with E-state index in [4.69, 9.17) is 4.74 Å². The van der Waals surface area contributed by atoms with Gasteiger partial charge in [-0.15, -0.1) is 0 Å². The first-order chi connectivity index (χ1) is 9.65. The molecule has 20 heavy (non-hydrogen) atoms. The van der Waals surface area contributed by atoms with Crippen LogP contribution in [0.5, 0.6) is 5.75 Å². The van der Waals surface area contributed by atoms with E-state index in [-0.39, 0.29) is 0 Å². The molecule has 0 fully saturated rings. The van der Waals surface area contributed by atoms with Gasteiger partial charge in [0.15, 0.2) is 0 Å². The molecule has 0 saturated carbocycles. The van der Waals surface area contributed by atoms with Crippen molar-refractivity contribution in [2.45, 2.75) is 40.5 Å². The Bertz CT molecular complexity index is 552. The number of ether oxygens (including phenoxy) is 1. The molecule has 0 aliphatic rings. The Morgan fingerprint density at radius 3 is 2.55 bits per heavy atom. The van der Waals surface area contributed by atoms with Crippen molar-refractivity contribution in [1.82, 2.24) is 14.9 Å². The Morgan fingerprint density at radius 2 is 1.95 bits per heavy atom. The molecule has 0 atom stereocenters. The molecule has 2 rings (SSSR count). The van der Waals surface area contributed by atoms with E-state index in [0.29, 0.717) is 6.61 Å². The molecule has 108 valence electrons. The number of hydrogen-bond donors (Lipinski definition) is 1. The average molecular weight is 273 g/mol. The molecule has 1 N–H and O–H groups in total. The molecule has 4 nitrogen and oxygen atoms in total. The van der Waals surface area contributed by atoms with Gasteiger partial charge in [-0.2, -0.15) is 0 Å². The fourth-order valence-electron chi connectivity index (χ4n) is 2.48. The monoisotopic (exact) mass is 273 g/mol. The lowest BCUT2D eigenvalue weighted by atomic mass is 10.1. The first-order valence-electron chi connectivity index (χ1n) is 7.03. The molecule has 2 aromatic rings. The third-order valence-electron chi connectivity index (χ3n) is 3.39. The van der Waals surface area contributed by atoms with Crippen LogP contribution in [0.3, 0.4) is 0 Å². The molecule has 0 aliphatic carbocycles. The number of nitrogens with one attached hydrogen (secondary N) is 1. The van der Waals surface area contributed by atoms with E-state index in [0.717, 1.165) is 24.7 Å². The third kappa shape index (κ3) is 3.20. The van der Waals surface area contributed by atoms with E-state index in [2.05, 4.69) is 47.8 Å². The molecule has 0 unspecified atom stereocenters. The largest absolute Gasteiger partial charge is 0.485 e. The lowest BCUT2D eigenvalue weighted by Crippen LogP contribution is -2.08. The van der Waals surface area contributed by atoms with Crippen LogP contribution in [0.2, 0.25) is 0 Å². The molecule has 4 heteroatoms. The number of aromatic nitrogens is 2. The number of aryl methyl sites for hydroxylation is 3. The van der Waals surface area contributed by atoms with Crippen molar-refractivity contribution in [3.05, 3.63) is 47.0 Å². The number of hydrogen-bond acceptors (Lipinski definition) is 3. The summed E-state index contributed by atoms with van der Waals surface area (Å²) in [5.74, 6) is 1.93. The maximum atomic E-state index is 5.98. The molecule has 1 heterocycles. The van der Waals surface area contributed by atoms with Crippen LogP contribution < -0.4 is 10.1 Å². The molecule has 0 radical (unpaired) electrons. The fourth-order valence-corrected chi connectivity index (χ4v) is 2.48. The van der Waals surface area contributed by atoms with Gasteiger partial charge in [-0.3, -0.25) is 0 Å². The fraction of sp³-hybridized carbons (Fsp3) is 0.438. The summed E-state index contributed by atoms with van der Waals surface area (Å²) in [4.78, 5) is 4.34. The minimum atomic E-state index is 0.508. The van der Waals surface area contributed by atoms with Crippen molar-refractivity contribution in [3.8, 4) is 5.75 Å². The maximum absolute atomic E-state index is 5.98. The van der Waals surface area contributed by atoms with Gasteiger partial charge in [0.2, 0.25) is 0 Å². The zero-order valence-electron chi connectivity index (χ0n) is 12.7. The van der Waals surface area contributed by atoms with Crippen LogP contribution in [0.1, 0.15) is 29.4 Å². The zero-order valence-corrected chi connectivity index (χ0v) is 12.7. The molecule has 0 spiro atoms. The summed E-state index contributed by atoms with van der Waals surface area (Å²) in [6, 6.07) is 4.34. The van der Waals surface area contributed by atoms with E-state index < -0.39 is 0 Å². The van der Waals surface area contributed by atoms with Gasteiger partial charge in [0.05, 0.1) is 0 Å². The van der Waals surface area contributed by atoms with Crippen LogP contribution in [0.15, 0.2) is 24.5 Å². The summed E-state index contributed by atoms with van der Waals surface area (Å²) in [5.41, 5.74) is 3.62. The van der Waals surface area contributed by atoms with Gasteiger partial charge in [-0.05, 0) is 44.5 Å². The maximum Gasteiger partial charge on any atom is 0.146 e. The van der Waals surface area contributed by atoms with Crippen molar-refractivity contribution in [1.29, 1.82) is 0 Å². The predicted octanol–water partition coefficient (Wildman–Crippen LogP) is 2.82. The van der Waals surface area contributed by atoms with Gasteiger partial charge in [-0.25, -0.2) is 4.98 Å². The number of rotatable bonds is 6. The summed E-state index contributed by atoms with van der Waals surface area (Å²) in [6.07, 6.45) is 3.80. The molecule has 1 aromatic carbocycles. The Hall–Kier alpha value is -1.81. The predicted molar refractivity (Wildman–Crippen MR) is 80.9 cm³/mol. The van der Waals surface area contributed by atoms with Crippen LogP contribution in [0, 0.1) is 13.8 Å². The summed E-state index contributed by atoms with van der Waals surface area (Å²) in [7, 11) is 1.96. The van der Waals surface area contributed by atoms with Crippen LogP contribution in [0.4, 0.5) is 0 Å². The lowest BCUT2D eigenvalue weighted by molar-refractivity contribution is 0.286. The molecule has 0 bridgehead atoms. The van der Waals surface area contributed by atoms with Crippen molar-refractivity contribution >= 4 is 0 Å². The Morgan fingerprint density at radius 1 is 1.25 bits per heavy atom. The highest BCUT2D eigenvalue weighted by atomic mass is 16.5. The summed E-state index contributed by atoms with van der Waals surface area (Å²) in [6.45, 7) is 8.59. The number of nitrogens with zero attached hydrogens (tertiary/aromatic N) is 2. The quantitative estimate of drug-likeness (QED) is 0.879. The molecular weight excluding hydrogens is 250 g/mol. The van der Waals surface area contributed by atoms with Crippen LogP contribution >= 0.6 is 0 Å². The summed E-state index contributed by atoms with van der Waals surface area (Å²) in [5, 5.41) is 3.17. The molecule has 0 amide bonds. The van der Waals surface area contributed by atoms with Crippen molar-refractivity contribution in [2.75, 3.05) is 7.05 Å². The van der Waals surface area contributed by atoms with Gasteiger partial charge in [0.25, 0.3) is 0 Å². The summed E-state index contributed by atoms with van der Waals surface area (Å²) >= 11 is 0. The molecule has 1 aromatic heterocycles. The van der Waals surface area contributed by atoms with E-state index in [9.17, 15) is 0 Å². The first kappa shape index (κ1) is 14.6. The van der Waals surface area contributed by atoms with E-state index in [1.165, 1.54) is 16.7 Å². The highest BCUT2D eigenvalue weighted by Crippen LogP contribution is 2.25. The second kappa shape index (κ2) is 6.57. The molecule has 0 aliphatic heterocycles. The Labute approximate surface area is 120 Å². The van der Waals surface area contributed by atoms with Crippen molar-refractivity contribution < 1.29 is 4.74 Å². The molecular formula is C16H23N3O. The highest BCUT2D eigenvalue weighted by molar-refractivity contribution is 5.43. The summed E-state index contributed by atoms with van der Waals surface area (Å²) < 4.78 is 8.08. The second-order valence-corrected chi connectivity index (χ2v) is 5.01. The Kier molecular flexibility index (Phi) is 4.79. The lowest BCUT2D eigenvalue weighted by Gasteiger charge is -2.14. The van der Waals surface area contributed by atoms with Crippen molar-refractivity contribution in [2.24, 2.45) is 0 Å². The standard InChI is InChI=1S/C16H23N3O/c1-5-19-7-6-18-15(19)11-20-16-12(2)8-14(10-17-4)9-13(16)3/h6-9,17H,5,10-11H2,1-4H3. The van der Waals surface area contributed by atoms with Gasteiger partial charge >= 0.3 is 0 Å². The first-order valence-corrected chi connectivity index (χ1v) is 7.03. The minimum absolute atomic E-state index is 0.508. The van der Waals surface area contributed by atoms with Gasteiger partial charge in [0.1, 0.15) is 18.2 Å². The smallest absolute Gasteiger partial charge is 0.146 e. The average Bonchev–Trinajstić information content (AvgIpc) is 2.85. The van der Waals surface area contributed by atoms with Gasteiger partial charge in [0, 0.05) is 25.5 Å². The van der Waals surface area contributed by atoms with Gasteiger partial charge in [-0.1, -0.05) is 12.1 Å². The molecule has 0 saturated heterocycles. The minimum Gasteiger partial charge on any atom is -0.485 e. The van der Waals surface area contributed by atoms with E-state index in [1.54, 1.807) is 0 Å². The number of imidazole rings is 1. The Balaban J connectivity index is 2.13. The third-order valence-corrected chi connectivity index (χ3v) is 3.39. The zero-order chi connectivity index (χ0) is 14.5.